The van der Waals surface area contributed by atoms with E-state index in [1.54, 1.807) is 6.07 Å². The van der Waals surface area contributed by atoms with Crippen molar-refractivity contribution in [2.75, 3.05) is 6.54 Å². The number of hydrogen-bond acceptors (Lipinski definition) is 2. The SMILES string of the molecule is OC1CCC(NCC2(c3ccccc3)Cc3cc(F)c(Cl)c(Br)c3C2)CC1. The van der Waals surface area contributed by atoms with Gasteiger partial charge in [0.15, 0.2) is 0 Å². The van der Waals surface area contributed by atoms with Crippen LogP contribution in [0.5, 0.6) is 0 Å². The quantitative estimate of drug-likeness (QED) is 0.627. The molecule has 144 valence electrons. The average molecular weight is 453 g/mol. The first-order chi connectivity index (χ1) is 13.0. The summed E-state index contributed by atoms with van der Waals surface area (Å²) in [5, 5.41) is 13.7. The third-order valence-corrected chi connectivity index (χ3v) is 7.68. The number of halogens is 3. The molecule has 27 heavy (non-hydrogen) atoms. The van der Waals surface area contributed by atoms with E-state index in [4.69, 9.17) is 11.6 Å². The number of fused-ring (bicyclic) bond motifs is 1. The first-order valence-electron chi connectivity index (χ1n) is 9.61. The Bertz CT molecular complexity index is 823. The van der Waals surface area contributed by atoms with Crippen LogP contribution in [0.2, 0.25) is 5.02 Å². The molecule has 0 saturated heterocycles. The van der Waals surface area contributed by atoms with Crippen LogP contribution in [0.25, 0.3) is 0 Å². The fraction of sp³-hybridized carbons (Fsp3) is 0.455. The summed E-state index contributed by atoms with van der Waals surface area (Å²) in [6.45, 7) is 0.831. The maximum atomic E-state index is 14.2. The van der Waals surface area contributed by atoms with Crippen molar-refractivity contribution in [2.24, 2.45) is 0 Å². The molecule has 5 heteroatoms. The molecule has 0 spiro atoms. The highest BCUT2D eigenvalue weighted by molar-refractivity contribution is 9.10. The number of hydrogen-bond donors (Lipinski definition) is 2. The summed E-state index contributed by atoms with van der Waals surface area (Å²) in [6.07, 6.45) is 5.21. The van der Waals surface area contributed by atoms with Gasteiger partial charge in [0.2, 0.25) is 0 Å². The summed E-state index contributed by atoms with van der Waals surface area (Å²) in [7, 11) is 0. The number of benzene rings is 2. The van der Waals surface area contributed by atoms with Crippen LogP contribution in [-0.4, -0.2) is 23.8 Å². The van der Waals surface area contributed by atoms with E-state index in [-0.39, 0.29) is 22.4 Å². The fourth-order valence-corrected chi connectivity index (χ4v) is 5.39. The zero-order valence-corrected chi connectivity index (χ0v) is 17.5. The number of aliphatic hydroxyl groups is 1. The Morgan fingerprint density at radius 2 is 1.85 bits per heavy atom. The highest BCUT2D eigenvalue weighted by Crippen LogP contribution is 2.45. The molecule has 0 amide bonds. The molecule has 0 heterocycles. The summed E-state index contributed by atoms with van der Waals surface area (Å²) < 4.78 is 14.9. The van der Waals surface area contributed by atoms with E-state index in [0.717, 1.165) is 56.2 Å². The van der Waals surface area contributed by atoms with Crippen molar-refractivity contribution in [3.05, 3.63) is 68.4 Å². The summed E-state index contributed by atoms with van der Waals surface area (Å²) in [6, 6.07) is 12.5. The number of nitrogens with one attached hydrogen (secondary N) is 1. The molecular formula is C22H24BrClFNO. The smallest absolute Gasteiger partial charge is 0.143 e. The van der Waals surface area contributed by atoms with E-state index in [9.17, 15) is 9.50 Å². The maximum Gasteiger partial charge on any atom is 0.143 e. The van der Waals surface area contributed by atoms with Crippen molar-refractivity contribution in [2.45, 2.75) is 56.1 Å². The summed E-state index contributed by atoms with van der Waals surface area (Å²) in [5.74, 6) is -0.361. The molecule has 2 aromatic rings. The maximum absolute atomic E-state index is 14.2. The Hall–Kier alpha value is -0.940. The predicted octanol–water partition coefficient (Wildman–Crippen LogP) is 5.17. The van der Waals surface area contributed by atoms with Gasteiger partial charge in [0.1, 0.15) is 5.82 Å². The molecule has 1 atom stereocenters. The lowest BCUT2D eigenvalue weighted by Gasteiger charge is -2.34. The number of rotatable bonds is 4. The molecule has 2 nitrogen and oxygen atoms in total. The summed E-state index contributed by atoms with van der Waals surface area (Å²) >= 11 is 9.67. The first-order valence-corrected chi connectivity index (χ1v) is 10.8. The van der Waals surface area contributed by atoms with Gasteiger partial charge in [-0.05, 0) is 77.2 Å². The second-order valence-corrected chi connectivity index (χ2v) is 9.18. The van der Waals surface area contributed by atoms with Crippen molar-refractivity contribution in [1.29, 1.82) is 0 Å². The van der Waals surface area contributed by atoms with Crippen LogP contribution in [0.4, 0.5) is 4.39 Å². The Morgan fingerprint density at radius 1 is 1.15 bits per heavy atom. The lowest BCUT2D eigenvalue weighted by molar-refractivity contribution is 0.115. The van der Waals surface area contributed by atoms with Gasteiger partial charge in [-0.15, -0.1) is 0 Å². The lowest BCUT2D eigenvalue weighted by Crippen LogP contribution is -2.45. The van der Waals surface area contributed by atoms with Crippen molar-refractivity contribution < 1.29 is 9.50 Å². The van der Waals surface area contributed by atoms with Crippen LogP contribution < -0.4 is 5.32 Å². The van der Waals surface area contributed by atoms with Gasteiger partial charge in [0.05, 0.1) is 11.1 Å². The van der Waals surface area contributed by atoms with Gasteiger partial charge in [-0.3, -0.25) is 0 Å². The van der Waals surface area contributed by atoms with Gasteiger partial charge in [0, 0.05) is 22.5 Å². The minimum absolute atomic E-state index is 0.112. The van der Waals surface area contributed by atoms with Gasteiger partial charge in [0.25, 0.3) is 0 Å². The topological polar surface area (TPSA) is 32.3 Å². The monoisotopic (exact) mass is 451 g/mol. The Balaban J connectivity index is 1.62. The van der Waals surface area contributed by atoms with Crippen molar-refractivity contribution in [3.63, 3.8) is 0 Å². The third-order valence-electron chi connectivity index (χ3n) is 6.21. The molecule has 0 radical (unpaired) electrons. The molecule has 2 aliphatic rings. The first kappa shape index (κ1) is 19.4. The van der Waals surface area contributed by atoms with Crippen LogP contribution in [0, 0.1) is 5.82 Å². The largest absolute Gasteiger partial charge is 0.393 e. The van der Waals surface area contributed by atoms with Crippen molar-refractivity contribution in [1.82, 2.24) is 5.32 Å². The van der Waals surface area contributed by atoms with Crippen LogP contribution in [0.3, 0.4) is 0 Å². The van der Waals surface area contributed by atoms with Crippen molar-refractivity contribution >= 4 is 27.5 Å². The van der Waals surface area contributed by atoms with E-state index in [1.165, 1.54) is 5.56 Å². The molecule has 1 unspecified atom stereocenters. The van der Waals surface area contributed by atoms with E-state index in [0.29, 0.717) is 10.5 Å². The fourth-order valence-electron chi connectivity index (χ4n) is 4.64. The zero-order valence-electron chi connectivity index (χ0n) is 15.1. The minimum atomic E-state index is -0.361. The second kappa shape index (κ2) is 7.82. The lowest BCUT2D eigenvalue weighted by atomic mass is 9.77. The average Bonchev–Trinajstić information content (AvgIpc) is 3.06. The summed E-state index contributed by atoms with van der Waals surface area (Å²) in [5.41, 5.74) is 3.31. The van der Waals surface area contributed by atoms with Gasteiger partial charge in [-0.1, -0.05) is 41.9 Å². The standard InChI is InChI=1S/C22H24BrClFNO/c23-20-18-12-22(15-4-2-1-3-5-15,11-14(18)10-19(25)21(20)24)13-26-16-6-8-17(27)9-7-16/h1-5,10,16-17,26-27H,6-9,11-13H2. The molecule has 1 saturated carbocycles. The zero-order chi connectivity index (χ0) is 19.0. The van der Waals surface area contributed by atoms with Crippen LogP contribution in [0.15, 0.2) is 40.9 Å². The Kier molecular flexibility index (Phi) is 5.62. The van der Waals surface area contributed by atoms with Crippen molar-refractivity contribution in [3.8, 4) is 0 Å². The van der Waals surface area contributed by atoms with Gasteiger partial charge in [-0.25, -0.2) is 4.39 Å². The van der Waals surface area contributed by atoms with Crippen LogP contribution in [0.1, 0.15) is 42.4 Å². The van der Waals surface area contributed by atoms with E-state index in [2.05, 4.69) is 45.5 Å². The molecule has 0 aliphatic heterocycles. The number of aliphatic hydroxyl groups excluding tert-OH is 1. The molecule has 1 fully saturated rings. The molecule has 2 aromatic carbocycles. The molecule has 2 aliphatic carbocycles. The molecule has 2 N–H and O–H groups in total. The molecule has 0 aromatic heterocycles. The molecule has 4 rings (SSSR count). The van der Waals surface area contributed by atoms with Crippen LogP contribution >= 0.6 is 27.5 Å². The second-order valence-electron chi connectivity index (χ2n) is 8.01. The predicted molar refractivity (Wildman–Crippen MR) is 111 cm³/mol. The van der Waals surface area contributed by atoms with E-state index >= 15 is 0 Å². The normalized spacial score (nSPS) is 27.6. The Morgan fingerprint density at radius 3 is 2.56 bits per heavy atom. The summed E-state index contributed by atoms with van der Waals surface area (Å²) in [4.78, 5) is 0. The van der Waals surface area contributed by atoms with Gasteiger partial charge in [-0.2, -0.15) is 0 Å². The van der Waals surface area contributed by atoms with E-state index in [1.807, 2.05) is 6.07 Å². The molecule has 0 bridgehead atoms. The Labute approximate surface area is 173 Å². The van der Waals surface area contributed by atoms with E-state index < -0.39 is 0 Å². The van der Waals surface area contributed by atoms with Gasteiger partial charge >= 0.3 is 0 Å². The third kappa shape index (κ3) is 3.82. The highest BCUT2D eigenvalue weighted by Gasteiger charge is 2.41. The minimum Gasteiger partial charge on any atom is -0.393 e. The van der Waals surface area contributed by atoms with Gasteiger partial charge < -0.3 is 10.4 Å². The molecular weight excluding hydrogens is 429 g/mol. The van der Waals surface area contributed by atoms with Crippen LogP contribution in [-0.2, 0) is 18.3 Å². The highest BCUT2D eigenvalue weighted by atomic mass is 79.9.